The molecule has 0 saturated carbocycles. The zero-order valence-electron chi connectivity index (χ0n) is 20.1. The Morgan fingerprint density at radius 1 is 1.30 bits per heavy atom. The van der Waals surface area contributed by atoms with Crippen molar-refractivity contribution >= 4 is 5.97 Å². The number of benzene rings is 1. The highest BCUT2D eigenvalue weighted by Gasteiger charge is 2.41. The molecule has 1 aliphatic heterocycles. The van der Waals surface area contributed by atoms with Crippen molar-refractivity contribution in [3.8, 4) is 5.75 Å². The molecule has 9 heteroatoms. The van der Waals surface area contributed by atoms with E-state index in [1.54, 1.807) is 7.11 Å². The smallest absolute Gasteiger partial charge is 0.309 e. The molecular weight excluding hydrogens is 429 g/mol. The minimum Gasteiger partial charge on any atom is -0.490 e. The van der Waals surface area contributed by atoms with E-state index in [-0.39, 0.29) is 35.4 Å². The Balaban J connectivity index is 2.19. The van der Waals surface area contributed by atoms with E-state index in [4.69, 9.17) is 19.7 Å². The summed E-state index contributed by atoms with van der Waals surface area (Å²) in [6.07, 6.45) is -0.0456. The summed E-state index contributed by atoms with van der Waals surface area (Å²) in [7, 11) is 1.59. The van der Waals surface area contributed by atoms with Gasteiger partial charge in [0.1, 0.15) is 6.10 Å². The topological polar surface area (TPSA) is 114 Å². The van der Waals surface area contributed by atoms with Crippen molar-refractivity contribution in [3.05, 3.63) is 40.0 Å². The van der Waals surface area contributed by atoms with Gasteiger partial charge in [-0.15, -0.1) is 0 Å². The molecule has 0 aromatic heterocycles. The van der Waals surface area contributed by atoms with Gasteiger partial charge in [-0.2, -0.15) is 0 Å². The van der Waals surface area contributed by atoms with E-state index < -0.39 is 24.1 Å². The highest BCUT2D eigenvalue weighted by Crippen LogP contribution is 2.38. The lowest BCUT2D eigenvalue weighted by Gasteiger charge is -2.30. The number of carbonyl (C=O) groups is 1. The van der Waals surface area contributed by atoms with Gasteiger partial charge in [-0.05, 0) is 53.8 Å². The van der Waals surface area contributed by atoms with E-state index >= 15 is 0 Å². The van der Waals surface area contributed by atoms with Crippen LogP contribution in [-0.2, 0) is 14.3 Å². The maximum absolute atomic E-state index is 14.2. The second-order valence-electron chi connectivity index (χ2n) is 9.31. The second kappa shape index (κ2) is 12.8. The SMILES string of the molecule is COCCCOc1cc(C(O)[C@@H](C[C@H](N=[N+]=[N-])[C@@H]2C[C@@H](C(C)C)C(=O)O2)C(C)C)ccc1F. The molecule has 184 valence electrons. The summed E-state index contributed by atoms with van der Waals surface area (Å²) >= 11 is 0. The first kappa shape index (κ1) is 26.9. The van der Waals surface area contributed by atoms with Gasteiger partial charge in [-0.3, -0.25) is 4.79 Å². The van der Waals surface area contributed by atoms with Crippen LogP contribution in [-0.4, -0.2) is 43.5 Å². The van der Waals surface area contributed by atoms with Crippen LogP contribution in [0.2, 0.25) is 0 Å². The van der Waals surface area contributed by atoms with Crippen LogP contribution in [0.1, 0.15) is 58.6 Å². The van der Waals surface area contributed by atoms with Crippen LogP contribution in [0, 0.1) is 29.5 Å². The number of aliphatic hydroxyl groups is 1. The zero-order chi connectivity index (χ0) is 24.5. The summed E-state index contributed by atoms with van der Waals surface area (Å²) < 4.78 is 30.3. The highest BCUT2D eigenvalue weighted by atomic mass is 19.1. The number of nitrogens with zero attached hydrogens (tertiary/aromatic N) is 3. The summed E-state index contributed by atoms with van der Waals surface area (Å²) in [4.78, 5) is 15.2. The molecule has 5 atom stereocenters. The van der Waals surface area contributed by atoms with Crippen LogP contribution in [0.4, 0.5) is 4.39 Å². The third-order valence-electron chi connectivity index (χ3n) is 6.31. The summed E-state index contributed by atoms with van der Waals surface area (Å²) in [6.45, 7) is 8.64. The monoisotopic (exact) mass is 465 g/mol. The van der Waals surface area contributed by atoms with Gasteiger partial charge >= 0.3 is 5.97 Å². The van der Waals surface area contributed by atoms with Gasteiger partial charge in [-0.25, -0.2) is 4.39 Å². The number of hydrogen-bond acceptors (Lipinski definition) is 6. The van der Waals surface area contributed by atoms with Crippen molar-refractivity contribution in [2.24, 2.45) is 28.8 Å². The number of rotatable bonds is 13. The number of ether oxygens (including phenoxy) is 3. The lowest BCUT2D eigenvalue weighted by molar-refractivity contribution is -0.146. The molecule has 1 aliphatic rings. The molecule has 2 rings (SSSR count). The Labute approximate surface area is 195 Å². The summed E-state index contributed by atoms with van der Waals surface area (Å²) in [6, 6.07) is 3.72. The van der Waals surface area contributed by atoms with E-state index in [2.05, 4.69) is 10.0 Å². The fourth-order valence-electron chi connectivity index (χ4n) is 4.24. The molecule has 1 fully saturated rings. The third-order valence-corrected chi connectivity index (χ3v) is 6.31. The first-order valence-corrected chi connectivity index (χ1v) is 11.5. The standard InChI is InChI=1S/C24H36FN3O5/c1-14(2)17(12-20(27-28-26)22-13-18(15(3)4)24(30)33-22)23(29)16-7-8-19(25)21(11-16)32-10-6-9-31-5/h7-8,11,14-15,17-18,20,22-23,29H,6,9-10,12-13H2,1-5H3/t17-,18-,20-,22-,23?/m0/s1. The van der Waals surface area contributed by atoms with Crippen molar-refractivity contribution in [2.45, 2.75) is 65.2 Å². The average Bonchev–Trinajstić information content (AvgIpc) is 3.16. The second-order valence-corrected chi connectivity index (χ2v) is 9.31. The van der Waals surface area contributed by atoms with Crippen LogP contribution >= 0.6 is 0 Å². The third kappa shape index (κ3) is 7.32. The van der Waals surface area contributed by atoms with Crippen LogP contribution < -0.4 is 4.74 Å². The molecule has 1 saturated heterocycles. The molecule has 0 amide bonds. The summed E-state index contributed by atoms with van der Waals surface area (Å²) in [5.74, 6) is -1.11. The van der Waals surface area contributed by atoms with Gasteiger partial charge in [0.25, 0.3) is 0 Å². The Hall–Kier alpha value is -2.35. The normalized spacial score (nSPS) is 20.9. The molecule has 0 radical (unpaired) electrons. The zero-order valence-corrected chi connectivity index (χ0v) is 20.1. The molecule has 8 nitrogen and oxygen atoms in total. The molecular formula is C24H36FN3O5. The van der Waals surface area contributed by atoms with Gasteiger partial charge in [0.2, 0.25) is 0 Å². The number of esters is 1. The maximum atomic E-state index is 14.2. The molecule has 1 aromatic rings. The number of halogens is 1. The van der Waals surface area contributed by atoms with Crippen molar-refractivity contribution in [3.63, 3.8) is 0 Å². The maximum Gasteiger partial charge on any atom is 0.309 e. The quantitative estimate of drug-likeness (QED) is 0.141. The Kier molecular flexibility index (Phi) is 10.4. The Morgan fingerprint density at radius 3 is 2.61 bits per heavy atom. The number of azide groups is 1. The highest BCUT2D eigenvalue weighted by molar-refractivity contribution is 5.75. The number of hydrogen-bond donors (Lipinski definition) is 1. The number of cyclic esters (lactones) is 1. The van der Waals surface area contributed by atoms with Crippen molar-refractivity contribution in [2.75, 3.05) is 20.3 Å². The first-order chi connectivity index (χ1) is 15.7. The van der Waals surface area contributed by atoms with Crippen molar-refractivity contribution in [1.82, 2.24) is 0 Å². The first-order valence-electron chi connectivity index (χ1n) is 11.5. The van der Waals surface area contributed by atoms with Gasteiger partial charge in [-0.1, -0.05) is 38.9 Å². The largest absolute Gasteiger partial charge is 0.490 e. The molecule has 33 heavy (non-hydrogen) atoms. The van der Waals surface area contributed by atoms with Crippen LogP contribution in [0.5, 0.6) is 5.75 Å². The minimum absolute atomic E-state index is 0.0190. The van der Waals surface area contributed by atoms with Crippen molar-refractivity contribution in [1.29, 1.82) is 0 Å². The fourth-order valence-corrected chi connectivity index (χ4v) is 4.24. The Bertz CT molecular complexity index is 828. The van der Waals surface area contributed by atoms with E-state index in [9.17, 15) is 14.3 Å². The molecule has 1 heterocycles. The fraction of sp³-hybridized carbons (Fsp3) is 0.708. The average molecular weight is 466 g/mol. The van der Waals surface area contributed by atoms with Gasteiger partial charge in [0.05, 0.1) is 24.7 Å². The molecule has 1 N–H and O–H groups in total. The van der Waals surface area contributed by atoms with E-state index in [0.717, 1.165) is 0 Å². The van der Waals surface area contributed by atoms with Crippen LogP contribution in [0.3, 0.4) is 0 Å². The van der Waals surface area contributed by atoms with Crippen LogP contribution in [0.25, 0.3) is 10.4 Å². The van der Waals surface area contributed by atoms with E-state index in [0.29, 0.717) is 38.0 Å². The predicted octanol–water partition coefficient (Wildman–Crippen LogP) is 5.20. The van der Waals surface area contributed by atoms with Crippen LogP contribution in [0.15, 0.2) is 23.3 Å². The van der Waals surface area contributed by atoms with E-state index in [1.807, 2.05) is 27.7 Å². The van der Waals surface area contributed by atoms with Gasteiger partial charge in [0.15, 0.2) is 11.6 Å². The van der Waals surface area contributed by atoms with Crippen molar-refractivity contribution < 1.29 is 28.5 Å². The number of methoxy groups -OCH3 is 1. The molecule has 0 spiro atoms. The van der Waals surface area contributed by atoms with Gasteiger partial charge < -0.3 is 19.3 Å². The molecule has 0 aliphatic carbocycles. The lowest BCUT2D eigenvalue weighted by atomic mass is 9.80. The van der Waals surface area contributed by atoms with Gasteiger partial charge in [0, 0.05) is 25.0 Å². The Morgan fingerprint density at radius 2 is 2.03 bits per heavy atom. The number of carbonyl (C=O) groups excluding carboxylic acids is 1. The summed E-state index contributed by atoms with van der Waals surface area (Å²) in [5.41, 5.74) is 9.63. The molecule has 1 unspecified atom stereocenters. The predicted molar refractivity (Wildman–Crippen MR) is 122 cm³/mol. The summed E-state index contributed by atoms with van der Waals surface area (Å²) in [5, 5.41) is 15.1. The molecule has 0 bridgehead atoms. The minimum atomic E-state index is -0.943. The molecule has 1 aromatic carbocycles. The number of aliphatic hydroxyl groups excluding tert-OH is 1. The van der Waals surface area contributed by atoms with E-state index in [1.165, 1.54) is 18.2 Å². The lowest BCUT2D eigenvalue weighted by Crippen LogP contribution is -2.31.